The van der Waals surface area contributed by atoms with E-state index in [1.165, 1.54) is 6.07 Å². The lowest BCUT2D eigenvalue weighted by molar-refractivity contribution is -0.384. The largest absolute Gasteiger partial charge is 0.375 e. The lowest BCUT2D eigenvalue weighted by atomic mass is 10.1. The normalized spacial score (nSPS) is 15.3. The first-order chi connectivity index (χ1) is 10.1. The third-order valence-electron chi connectivity index (χ3n) is 3.58. The van der Waals surface area contributed by atoms with Crippen molar-refractivity contribution in [2.45, 2.75) is 25.8 Å². The Morgan fingerprint density at radius 2 is 2.24 bits per heavy atom. The Kier molecular flexibility index (Phi) is 4.74. The van der Waals surface area contributed by atoms with Gasteiger partial charge in [-0.25, -0.2) is 0 Å². The van der Waals surface area contributed by atoms with E-state index >= 15 is 0 Å². The molecule has 0 aromatic heterocycles. The Morgan fingerprint density at radius 3 is 2.76 bits per heavy atom. The van der Waals surface area contributed by atoms with Crippen molar-refractivity contribution in [1.82, 2.24) is 5.32 Å². The van der Waals surface area contributed by atoms with E-state index in [0.717, 1.165) is 12.8 Å². The molecule has 4 N–H and O–H groups in total. The van der Waals surface area contributed by atoms with Gasteiger partial charge in [0.15, 0.2) is 0 Å². The van der Waals surface area contributed by atoms with Gasteiger partial charge in [-0.05, 0) is 37.8 Å². The lowest BCUT2D eigenvalue weighted by Crippen LogP contribution is -2.31. The molecule has 1 aromatic carbocycles. The summed E-state index contributed by atoms with van der Waals surface area (Å²) in [6, 6.07) is 4.50. The summed E-state index contributed by atoms with van der Waals surface area (Å²) in [7, 11) is 0. The zero-order chi connectivity index (χ0) is 15.4. The fraction of sp³-hybridized carbons (Fsp3) is 0.500. The van der Waals surface area contributed by atoms with E-state index in [1.807, 2.05) is 0 Å². The minimum Gasteiger partial charge on any atom is -0.375 e. The van der Waals surface area contributed by atoms with Gasteiger partial charge in [0, 0.05) is 30.8 Å². The molecule has 7 nitrogen and oxygen atoms in total. The zero-order valence-corrected chi connectivity index (χ0v) is 12.0. The second-order valence-electron chi connectivity index (χ2n) is 5.17. The average molecular weight is 292 g/mol. The molecule has 1 atom stereocenters. The minimum atomic E-state index is -0.481. The summed E-state index contributed by atoms with van der Waals surface area (Å²) < 4.78 is 0. The monoisotopic (exact) mass is 292 g/mol. The number of nitro groups is 1. The van der Waals surface area contributed by atoms with Gasteiger partial charge in [0.2, 0.25) is 0 Å². The van der Waals surface area contributed by atoms with Gasteiger partial charge < -0.3 is 16.4 Å². The molecule has 1 amide bonds. The van der Waals surface area contributed by atoms with Crippen LogP contribution < -0.4 is 16.4 Å². The summed E-state index contributed by atoms with van der Waals surface area (Å²) in [5.74, 6) is 0.169. The van der Waals surface area contributed by atoms with Crippen LogP contribution in [0.15, 0.2) is 18.2 Å². The number of amides is 1. The number of nitrogens with one attached hydrogen (secondary N) is 2. The number of nitrogens with zero attached hydrogens (tertiary/aromatic N) is 1. The molecule has 1 saturated carbocycles. The van der Waals surface area contributed by atoms with Crippen molar-refractivity contribution in [2.75, 3.05) is 18.4 Å². The molecule has 7 heteroatoms. The van der Waals surface area contributed by atoms with E-state index in [4.69, 9.17) is 5.73 Å². The predicted molar refractivity (Wildman–Crippen MR) is 80.3 cm³/mol. The summed E-state index contributed by atoms with van der Waals surface area (Å²) >= 11 is 0. The van der Waals surface area contributed by atoms with E-state index in [-0.39, 0.29) is 23.2 Å². The number of nitro benzene ring substituents is 1. The lowest BCUT2D eigenvalue weighted by Gasteiger charge is -2.17. The third-order valence-corrected chi connectivity index (χ3v) is 3.58. The molecule has 1 aromatic rings. The number of nitrogens with two attached hydrogens (primary N) is 1. The van der Waals surface area contributed by atoms with Crippen molar-refractivity contribution < 1.29 is 9.72 Å². The summed E-state index contributed by atoms with van der Waals surface area (Å²) in [6.07, 6.45) is 2.19. The third kappa shape index (κ3) is 3.69. The molecule has 21 heavy (non-hydrogen) atoms. The van der Waals surface area contributed by atoms with Crippen LogP contribution in [0.5, 0.6) is 0 Å². The fourth-order valence-electron chi connectivity index (χ4n) is 2.28. The van der Waals surface area contributed by atoms with Crippen molar-refractivity contribution in [3.05, 3.63) is 33.9 Å². The molecule has 0 heterocycles. The first kappa shape index (κ1) is 15.2. The molecule has 2 rings (SSSR count). The Labute approximate surface area is 123 Å². The van der Waals surface area contributed by atoms with Gasteiger partial charge in [0.25, 0.3) is 11.6 Å². The SMILES string of the molecule is CCNC(=O)c1ccc(NC(CN)C2CC2)c([N+](=O)[O-])c1. The number of carbonyl (C=O) groups is 1. The van der Waals surface area contributed by atoms with Crippen molar-refractivity contribution in [3.8, 4) is 0 Å². The number of anilines is 1. The molecule has 0 radical (unpaired) electrons. The van der Waals surface area contributed by atoms with Crippen LogP contribution in [0.2, 0.25) is 0 Å². The number of carbonyl (C=O) groups excluding carboxylic acids is 1. The van der Waals surface area contributed by atoms with Crippen LogP contribution in [-0.2, 0) is 0 Å². The summed E-state index contributed by atoms with van der Waals surface area (Å²) in [6.45, 7) is 2.70. The highest BCUT2D eigenvalue weighted by molar-refractivity contribution is 5.95. The Hall–Kier alpha value is -2.15. The maximum atomic E-state index is 11.8. The number of rotatable bonds is 7. The topological polar surface area (TPSA) is 110 Å². The summed E-state index contributed by atoms with van der Waals surface area (Å²) in [5, 5.41) is 17.0. The summed E-state index contributed by atoms with van der Waals surface area (Å²) in [5.41, 5.74) is 6.30. The van der Waals surface area contributed by atoms with E-state index in [2.05, 4.69) is 10.6 Å². The summed E-state index contributed by atoms with van der Waals surface area (Å²) in [4.78, 5) is 22.5. The Morgan fingerprint density at radius 1 is 1.52 bits per heavy atom. The fourth-order valence-corrected chi connectivity index (χ4v) is 2.28. The van der Waals surface area contributed by atoms with Crippen LogP contribution >= 0.6 is 0 Å². The van der Waals surface area contributed by atoms with Gasteiger partial charge in [0.1, 0.15) is 5.69 Å². The molecular weight excluding hydrogens is 272 g/mol. The van der Waals surface area contributed by atoms with Crippen LogP contribution in [0.3, 0.4) is 0 Å². The van der Waals surface area contributed by atoms with Crippen molar-refractivity contribution in [2.24, 2.45) is 11.7 Å². The van der Waals surface area contributed by atoms with Gasteiger partial charge in [-0.1, -0.05) is 0 Å². The molecule has 0 aliphatic heterocycles. The second kappa shape index (κ2) is 6.53. The Bertz CT molecular complexity index is 543. The molecule has 1 aliphatic carbocycles. The van der Waals surface area contributed by atoms with E-state index in [1.54, 1.807) is 19.1 Å². The quantitative estimate of drug-likeness (QED) is 0.521. The predicted octanol–water partition coefficient (Wildman–Crippen LogP) is 1.49. The number of hydrogen-bond acceptors (Lipinski definition) is 5. The first-order valence-electron chi connectivity index (χ1n) is 7.10. The van der Waals surface area contributed by atoms with Crippen molar-refractivity contribution >= 4 is 17.3 Å². The minimum absolute atomic E-state index is 0.0408. The van der Waals surface area contributed by atoms with Crippen LogP contribution in [0.25, 0.3) is 0 Å². The first-order valence-corrected chi connectivity index (χ1v) is 7.10. The molecule has 0 bridgehead atoms. The van der Waals surface area contributed by atoms with Gasteiger partial charge >= 0.3 is 0 Å². The van der Waals surface area contributed by atoms with Crippen LogP contribution in [0, 0.1) is 16.0 Å². The molecular formula is C14H20N4O3. The van der Waals surface area contributed by atoms with Crippen molar-refractivity contribution in [3.63, 3.8) is 0 Å². The number of hydrogen-bond donors (Lipinski definition) is 3. The Balaban J connectivity index is 2.24. The smallest absolute Gasteiger partial charge is 0.293 e. The van der Waals surface area contributed by atoms with E-state index in [0.29, 0.717) is 24.7 Å². The standard InChI is InChI=1S/C14H20N4O3/c1-2-16-14(19)10-5-6-11(13(7-10)18(20)21)17-12(8-15)9-3-4-9/h5-7,9,12,17H,2-4,8,15H2,1H3,(H,16,19). The maximum absolute atomic E-state index is 11.8. The highest BCUT2D eigenvalue weighted by atomic mass is 16.6. The van der Waals surface area contributed by atoms with Crippen LogP contribution in [-0.4, -0.2) is 30.0 Å². The van der Waals surface area contributed by atoms with Crippen LogP contribution in [0.4, 0.5) is 11.4 Å². The highest BCUT2D eigenvalue weighted by Crippen LogP contribution is 2.35. The van der Waals surface area contributed by atoms with Crippen molar-refractivity contribution in [1.29, 1.82) is 0 Å². The zero-order valence-electron chi connectivity index (χ0n) is 12.0. The second-order valence-corrected chi connectivity index (χ2v) is 5.17. The van der Waals surface area contributed by atoms with Gasteiger partial charge in [-0.3, -0.25) is 14.9 Å². The number of benzene rings is 1. The average Bonchev–Trinajstić information content (AvgIpc) is 3.29. The molecule has 1 aliphatic rings. The molecule has 1 unspecified atom stereocenters. The maximum Gasteiger partial charge on any atom is 0.293 e. The van der Waals surface area contributed by atoms with E-state index < -0.39 is 4.92 Å². The van der Waals surface area contributed by atoms with Crippen LogP contribution in [0.1, 0.15) is 30.1 Å². The van der Waals surface area contributed by atoms with Gasteiger partial charge in [-0.2, -0.15) is 0 Å². The van der Waals surface area contributed by atoms with Gasteiger partial charge in [-0.15, -0.1) is 0 Å². The molecule has 0 saturated heterocycles. The van der Waals surface area contributed by atoms with Gasteiger partial charge in [0.05, 0.1) is 4.92 Å². The molecule has 1 fully saturated rings. The highest BCUT2D eigenvalue weighted by Gasteiger charge is 2.31. The van der Waals surface area contributed by atoms with E-state index in [9.17, 15) is 14.9 Å². The molecule has 114 valence electrons. The molecule has 0 spiro atoms.